The highest BCUT2D eigenvalue weighted by molar-refractivity contribution is 5.84. The predicted octanol–water partition coefficient (Wildman–Crippen LogP) is 1.93. The molecule has 1 aliphatic carbocycles. The van der Waals surface area contributed by atoms with Gasteiger partial charge in [-0.05, 0) is 31.5 Å². The van der Waals surface area contributed by atoms with Gasteiger partial charge in [0.05, 0.1) is 6.04 Å². The van der Waals surface area contributed by atoms with Crippen molar-refractivity contribution in [1.29, 1.82) is 0 Å². The molecule has 3 heteroatoms. The molecule has 1 atom stereocenters. The van der Waals surface area contributed by atoms with Crippen LogP contribution in [0.3, 0.4) is 0 Å². The van der Waals surface area contributed by atoms with Crippen LogP contribution in [0.5, 0.6) is 0 Å². The van der Waals surface area contributed by atoms with Crippen LogP contribution in [-0.2, 0) is 7.05 Å². The smallest absolute Gasteiger partial charge is 0.0521 e. The molecule has 1 aromatic heterocycles. The van der Waals surface area contributed by atoms with E-state index in [1.54, 1.807) is 0 Å². The van der Waals surface area contributed by atoms with E-state index >= 15 is 0 Å². The molecule has 3 nitrogen and oxygen atoms in total. The lowest BCUT2D eigenvalue weighted by Crippen LogP contribution is -2.38. The first-order valence-electron chi connectivity index (χ1n) is 6.16. The van der Waals surface area contributed by atoms with E-state index in [0.29, 0.717) is 0 Å². The first-order valence-corrected chi connectivity index (χ1v) is 6.16. The number of fused-ring (bicyclic) bond motifs is 1. The molecule has 3 N–H and O–H groups in total. The molecular formula is C14H19N3. The van der Waals surface area contributed by atoms with Gasteiger partial charge in [0.15, 0.2) is 0 Å². The molecular weight excluding hydrogens is 210 g/mol. The van der Waals surface area contributed by atoms with Gasteiger partial charge in [0, 0.05) is 29.7 Å². The van der Waals surface area contributed by atoms with Crippen LogP contribution in [-0.4, -0.2) is 17.2 Å². The molecule has 0 saturated heterocycles. The summed E-state index contributed by atoms with van der Waals surface area (Å²) < 4.78 is 2.18. The molecule has 0 radical (unpaired) electrons. The van der Waals surface area contributed by atoms with Gasteiger partial charge in [-0.25, -0.2) is 0 Å². The van der Waals surface area contributed by atoms with Crippen molar-refractivity contribution in [2.45, 2.75) is 24.4 Å². The number of aryl methyl sites for hydroxylation is 1. The van der Waals surface area contributed by atoms with Crippen LogP contribution < -0.4 is 11.1 Å². The maximum atomic E-state index is 6.36. The summed E-state index contributed by atoms with van der Waals surface area (Å²) in [5.74, 6) is 0. The van der Waals surface area contributed by atoms with Crippen LogP contribution >= 0.6 is 0 Å². The van der Waals surface area contributed by atoms with Crippen LogP contribution in [0.25, 0.3) is 10.9 Å². The van der Waals surface area contributed by atoms with Crippen LogP contribution in [0.1, 0.15) is 24.4 Å². The zero-order valence-electron chi connectivity index (χ0n) is 10.4. The van der Waals surface area contributed by atoms with E-state index in [1.807, 2.05) is 7.05 Å². The molecule has 2 aromatic rings. The van der Waals surface area contributed by atoms with Gasteiger partial charge < -0.3 is 15.6 Å². The topological polar surface area (TPSA) is 43.0 Å². The van der Waals surface area contributed by atoms with Crippen LogP contribution in [0, 0.1) is 0 Å². The van der Waals surface area contributed by atoms with Gasteiger partial charge in [-0.15, -0.1) is 0 Å². The summed E-state index contributed by atoms with van der Waals surface area (Å²) >= 11 is 0. The number of nitrogens with one attached hydrogen (secondary N) is 1. The summed E-state index contributed by atoms with van der Waals surface area (Å²) in [7, 11) is 4.09. The van der Waals surface area contributed by atoms with Crippen molar-refractivity contribution in [2.24, 2.45) is 12.8 Å². The zero-order chi connectivity index (χ0) is 12.0. The van der Waals surface area contributed by atoms with Gasteiger partial charge in [0.25, 0.3) is 0 Å². The molecule has 1 unspecified atom stereocenters. The van der Waals surface area contributed by atoms with Crippen molar-refractivity contribution >= 4 is 10.9 Å². The van der Waals surface area contributed by atoms with Crippen molar-refractivity contribution in [3.8, 4) is 0 Å². The second kappa shape index (κ2) is 3.59. The fourth-order valence-corrected chi connectivity index (χ4v) is 2.79. The lowest BCUT2D eigenvalue weighted by atomic mass is 9.97. The number of para-hydroxylation sites is 1. The molecule has 1 aromatic carbocycles. The predicted molar refractivity (Wildman–Crippen MR) is 70.9 cm³/mol. The Morgan fingerprint density at radius 3 is 2.71 bits per heavy atom. The van der Waals surface area contributed by atoms with Crippen LogP contribution in [0.4, 0.5) is 0 Å². The fourth-order valence-electron chi connectivity index (χ4n) is 2.79. The molecule has 0 amide bonds. The van der Waals surface area contributed by atoms with Gasteiger partial charge in [-0.1, -0.05) is 18.2 Å². The van der Waals surface area contributed by atoms with E-state index < -0.39 is 0 Å². The molecule has 3 rings (SSSR count). The van der Waals surface area contributed by atoms with Gasteiger partial charge in [0.1, 0.15) is 0 Å². The van der Waals surface area contributed by atoms with Gasteiger partial charge >= 0.3 is 0 Å². The highest BCUT2D eigenvalue weighted by Gasteiger charge is 2.46. The highest BCUT2D eigenvalue weighted by atomic mass is 15.0. The van der Waals surface area contributed by atoms with E-state index in [2.05, 4.69) is 47.4 Å². The number of benzene rings is 1. The van der Waals surface area contributed by atoms with Crippen molar-refractivity contribution < 1.29 is 0 Å². The summed E-state index contributed by atoms with van der Waals surface area (Å²) in [5, 5.41) is 4.70. The largest absolute Gasteiger partial charge is 0.350 e. The van der Waals surface area contributed by atoms with Crippen molar-refractivity contribution in [3.05, 3.63) is 36.0 Å². The number of nitrogens with zero attached hydrogens (tertiary/aromatic N) is 1. The minimum absolute atomic E-state index is 0.0428. The van der Waals surface area contributed by atoms with E-state index in [0.717, 1.165) is 12.8 Å². The summed E-state index contributed by atoms with van der Waals surface area (Å²) in [6, 6.07) is 8.76. The molecule has 1 heterocycles. The van der Waals surface area contributed by atoms with Crippen molar-refractivity contribution in [1.82, 2.24) is 9.88 Å². The van der Waals surface area contributed by atoms with Gasteiger partial charge in [-0.2, -0.15) is 0 Å². The quantitative estimate of drug-likeness (QED) is 0.844. The third kappa shape index (κ3) is 1.58. The summed E-state index contributed by atoms with van der Waals surface area (Å²) in [6.45, 7) is 0. The zero-order valence-corrected chi connectivity index (χ0v) is 10.4. The summed E-state index contributed by atoms with van der Waals surface area (Å²) in [6.07, 6.45) is 4.43. The maximum Gasteiger partial charge on any atom is 0.0521 e. The Morgan fingerprint density at radius 2 is 2.06 bits per heavy atom. The number of aromatic nitrogens is 1. The second-order valence-electron chi connectivity index (χ2n) is 5.17. The number of hydrogen-bond acceptors (Lipinski definition) is 2. The fraction of sp³-hybridized carbons (Fsp3) is 0.429. The SMILES string of the molecule is CNC(c1cn(C)c2ccccc12)C1(N)CC1. The summed E-state index contributed by atoms with van der Waals surface area (Å²) in [4.78, 5) is 0. The maximum absolute atomic E-state index is 6.36. The molecule has 0 spiro atoms. The highest BCUT2D eigenvalue weighted by Crippen LogP contribution is 2.45. The minimum atomic E-state index is -0.0428. The first kappa shape index (κ1) is 10.8. The minimum Gasteiger partial charge on any atom is -0.350 e. The molecule has 0 aliphatic heterocycles. The van der Waals surface area contributed by atoms with Crippen LogP contribution in [0.2, 0.25) is 0 Å². The third-order valence-corrected chi connectivity index (χ3v) is 3.93. The molecule has 0 bridgehead atoms. The molecule has 17 heavy (non-hydrogen) atoms. The Balaban J connectivity index is 2.16. The molecule has 90 valence electrons. The Kier molecular flexibility index (Phi) is 2.28. The summed E-state index contributed by atoms with van der Waals surface area (Å²) in [5.41, 5.74) is 8.91. The average Bonchev–Trinajstić information content (AvgIpc) is 2.99. The standard InChI is InChI=1S/C14H19N3/c1-16-13(14(15)7-8-14)11-9-17(2)12-6-4-3-5-10(11)12/h3-6,9,13,16H,7-8,15H2,1-2H3. The Bertz CT molecular complexity index is 552. The Labute approximate surface area is 102 Å². The molecule has 1 aliphatic rings. The second-order valence-corrected chi connectivity index (χ2v) is 5.17. The van der Waals surface area contributed by atoms with E-state index in [9.17, 15) is 0 Å². The average molecular weight is 229 g/mol. The first-order chi connectivity index (χ1) is 8.15. The van der Waals surface area contributed by atoms with E-state index in [1.165, 1.54) is 16.5 Å². The number of hydrogen-bond donors (Lipinski definition) is 2. The van der Waals surface area contributed by atoms with Crippen LogP contribution in [0.15, 0.2) is 30.5 Å². The van der Waals surface area contributed by atoms with E-state index in [-0.39, 0.29) is 11.6 Å². The molecule has 1 saturated carbocycles. The lowest BCUT2D eigenvalue weighted by molar-refractivity contribution is 0.463. The Morgan fingerprint density at radius 1 is 1.35 bits per heavy atom. The Hall–Kier alpha value is -1.32. The van der Waals surface area contributed by atoms with Gasteiger partial charge in [-0.3, -0.25) is 0 Å². The molecule has 1 fully saturated rings. The van der Waals surface area contributed by atoms with Gasteiger partial charge in [0.2, 0.25) is 0 Å². The third-order valence-electron chi connectivity index (χ3n) is 3.93. The number of rotatable bonds is 3. The van der Waals surface area contributed by atoms with E-state index in [4.69, 9.17) is 5.73 Å². The monoisotopic (exact) mass is 229 g/mol. The normalized spacial score (nSPS) is 19.5. The van der Waals surface area contributed by atoms with Crippen molar-refractivity contribution in [2.75, 3.05) is 7.05 Å². The van der Waals surface area contributed by atoms with Crippen molar-refractivity contribution in [3.63, 3.8) is 0 Å². The lowest BCUT2D eigenvalue weighted by Gasteiger charge is -2.22. The number of nitrogens with two attached hydrogens (primary N) is 1. The number of likely N-dealkylation sites (N-methyl/N-ethyl adjacent to an activating group) is 1.